The Morgan fingerprint density at radius 3 is 1.19 bits per heavy atom. The van der Waals surface area contributed by atoms with Gasteiger partial charge in [0.2, 0.25) is 11.8 Å². The van der Waals surface area contributed by atoms with Gasteiger partial charge in [0.25, 0.3) is 11.8 Å². The second-order valence-electron chi connectivity index (χ2n) is 39.0. The van der Waals surface area contributed by atoms with E-state index >= 15 is 19.2 Å². The Labute approximate surface area is 609 Å². The van der Waals surface area contributed by atoms with E-state index in [9.17, 15) is 10.2 Å². The smallest absolute Gasteiger partial charge is 0.255 e. The van der Waals surface area contributed by atoms with Crippen LogP contribution in [0.3, 0.4) is 0 Å². The zero-order valence-electron chi connectivity index (χ0n) is 65.9. The van der Waals surface area contributed by atoms with Crippen LogP contribution in [0.1, 0.15) is 314 Å². The Kier molecular flexibility index (Phi) is 25.2. The number of aliphatic hydroxyl groups is 2. The van der Waals surface area contributed by atoms with Gasteiger partial charge in [0.05, 0.1) is 0 Å². The second kappa shape index (κ2) is 32.7. The van der Waals surface area contributed by atoms with Crippen molar-refractivity contribution in [3.63, 3.8) is 0 Å². The van der Waals surface area contributed by atoms with E-state index in [4.69, 9.17) is 0 Å². The number of nitrogens with zero attached hydrogens (tertiary/aromatic N) is 4. The highest BCUT2D eigenvalue weighted by atomic mass is 16.3. The van der Waals surface area contributed by atoms with Crippen molar-refractivity contribution in [3.05, 3.63) is 23.5 Å². The summed E-state index contributed by atoms with van der Waals surface area (Å²) in [6.07, 6.45) is 38.6. The van der Waals surface area contributed by atoms with E-state index in [0.717, 1.165) is 226 Å². The molecule has 12 rings (SSSR count). The van der Waals surface area contributed by atoms with Gasteiger partial charge in [-0.05, 0) is 348 Å². The summed E-state index contributed by atoms with van der Waals surface area (Å²) < 4.78 is 0. The number of piperidine rings is 2. The molecular weight excluding hydrogens is 1240 g/mol. The van der Waals surface area contributed by atoms with Crippen molar-refractivity contribution in [3.8, 4) is 0 Å². The molecule has 4 N–H and O–H groups in total. The van der Waals surface area contributed by atoms with E-state index in [-0.39, 0.29) is 46.6 Å². The number of carbonyl (C=O) groups is 4. The number of carbonyl (C=O) groups excluding carboxylic acids is 4. The molecule has 0 spiro atoms. The molecule has 2 heterocycles. The molecule has 0 aromatic rings. The van der Waals surface area contributed by atoms with Gasteiger partial charge in [0.15, 0.2) is 12.2 Å². The third-order valence-electron chi connectivity index (χ3n) is 33.1. The highest BCUT2D eigenvalue weighted by Gasteiger charge is 2.64. The molecule has 8 saturated carbocycles. The molecule has 566 valence electrons. The van der Waals surface area contributed by atoms with Crippen LogP contribution in [0.4, 0.5) is 0 Å². The normalized spacial score (nSPS) is 38.5. The average molecular weight is 1390 g/mol. The zero-order chi connectivity index (χ0) is 71.0. The van der Waals surface area contributed by atoms with Crippen LogP contribution in [-0.4, -0.2) is 129 Å². The van der Waals surface area contributed by atoms with Crippen LogP contribution in [0, 0.1) is 116 Å². The van der Waals surface area contributed by atoms with Crippen molar-refractivity contribution < 1.29 is 29.4 Å². The molecule has 22 atom stereocenters. The number of allylic oxidation sites excluding steroid dienone is 4. The van der Waals surface area contributed by atoms with Crippen LogP contribution in [0.5, 0.6) is 0 Å². The number of rotatable bonds is 25. The first-order chi connectivity index (χ1) is 47.9. The van der Waals surface area contributed by atoms with Crippen molar-refractivity contribution in [1.29, 1.82) is 0 Å². The highest BCUT2D eigenvalue weighted by molar-refractivity contribution is 5.96. The van der Waals surface area contributed by atoms with Crippen LogP contribution in [-0.2, 0) is 19.2 Å². The average Bonchev–Trinajstić information content (AvgIpc) is 1.38. The van der Waals surface area contributed by atoms with E-state index in [2.05, 4.69) is 116 Å². The molecule has 4 amide bonds. The fraction of sp³-hybridized carbons (Fsp3) is 0.909. The summed E-state index contributed by atoms with van der Waals surface area (Å²) in [7, 11) is 0. The Bertz CT molecular complexity index is 2640. The first kappa shape index (κ1) is 76.8. The highest BCUT2D eigenvalue weighted by Crippen LogP contribution is 2.71. The van der Waals surface area contributed by atoms with Crippen molar-refractivity contribution in [2.45, 2.75) is 351 Å². The van der Waals surface area contributed by atoms with Gasteiger partial charge in [-0.3, -0.25) is 19.2 Å². The van der Waals surface area contributed by atoms with E-state index < -0.39 is 36.1 Å². The predicted molar refractivity (Wildman–Crippen MR) is 406 cm³/mol. The maximum absolute atomic E-state index is 16.7. The number of nitrogens with one attached hydrogen (secondary N) is 2. The third kappa shape index (κ3) is 15.5. The Morgan fingerprint density at radius 1 is 0.470 bits per heavy atom. The van der Waals surface area contributed by atoms with Crippen LogP contribution in [0.2, 0.25) is 0 Å². The van der Waals surface area contributed by atoms with E-state index in [1.54, 1.807) is 0 Å². The Morgan fingerprint density at radius 2 is 0.840 bits per heavy atom. The molecule has 12 heteroatoms. The quantitative estimate of drug-likeness (QED) is 0.0707. The van der Waals surface area contributed by atoms with Gasteiger partial charge in [-0.1, -0.05) is 134 Å². The maximum Gasteiger partial charge on any atom is 0.255 e. The fourth-order valence-electron chi connectivity index (χ4n) is 27.4. The Hall–Kier alpha value is -2.80. The Balaban J connectivity index is 0.852. The van der Waals surface area contributed by atoms with E-state index in [1.807, 2.05) is 9.80 Å². The predicted octanol–water partition coefficient (Wildman–Crippen LogP) is 17.7. The van der Waals surface area contributed by atoms with Crippen LogP contribution in [0.15, 0.2) is 23.5 Å². The molecule has 0 radical (unpaired) electrons. The summed E-state index contributed by atoms with van der Waals surface area (Å²) in [5.74, 6) is 7.37. The van der Waals surface area contributed by atoms with Crippen molar-refractivity contribution in [1.82, 2.24) is 30.2 Å². The maximum atomic E-state index is 16.7. The zero-order valence-corrected chi connectivity index (χ0v) is 65.9. The number of likely N-dealkylation sites (tertiary alicyclic amines) is 2. The van der Waals surface area contributed by atoms with Gasteiger partial charge in [0.1, 0.15) is 12.1 Å². The minimum absolute atomic E-state index is 0.0937. The topological polar surface area (TPSA) is 146 Å². The molecule has 0 aromatic carbocycles. The molecule has 12 nitrogen and oxygen atoms in total. The minimum atomic E-state index is -2.13. The number of hydrogen-bond acceptors (Lipinski definition) is 8. The van der Waals surface area contributed by atoms with Gasteiger partial charge in [-0.15, -0.1) is 0 Å². The van der Waals surface area contributed by atoms with Gasteiger partial charge < -0.3 is 40.4 Å². The number of hydrogen-bond donors (Lipinski definition) is 4. The van der Waals surface area contributed by atoms with Crippen molar-refractivity contribution >= 4 is 23.6 Å². The third-order valence-corrected chi connectivity index (χ3v) is 33.1. The largest absolute Gasteiger partial charge is 0.380 e. The van der Waals surface area contributed by atoms with E-state index in [0.29, 0.717) is 46.3 Å². The van der Waals surface area contributed by atoms with E-state index in [1.165, 1.54) is 103 Å². The summed E-state index contributed by atoms with van der Waals surface area (Å²) in [4.78, 5) is 73.6. The summed E-state index contributed by atoms with van der Waals surface area (Å²) in [6, 6.07) is -2.47. The summed E-state index contributed by atoms with van der Waals surface area (Å²) in [5.41, 5.74) is 2.80. The first-order valence-electron chi connectivity index (χ1n) is 43.4. The molecule has 100 heavy (non-hydrogen) atoms. The standard InChI is InChI=1S/C88H148N6O6/c1-13-91-51-43-61(44-52-91)77(81(97)89-65-27-17-15-18-28-65)93(67-39-47-85(9)63(55-67)31-33-69-73-37-35-71(59(7)25-21-23-57(3)4)87(73,11)49-41-75(69)85)83(99)79(95)80(96)84(100)94(78(62-45-53-92(14-2)54-46-62)82(98)90-66-29-19-16-20-30-66)68-40-48-86(10)64(56-68)32-34-70-74-38-36-72(60(8)26-22-24-58(5)6)88(74,12)50-42-76(70)86/h27,29,57-64,67-80,95-96H,13-26,28,30-56H2,1-12H3,(H,89,97)(H,90,98)/t59-,60-,63?,64?,67?,68?,69+,70+,71-,72?,73+,74+,75+,76+,77?,78?,79?,80?,85+,86+,87-,88-/m1/s1. The lowest BCUT2D eigenvalue weighted by Crippen LogP contribution is -2.66. The van der Waals surface area contributed by atoms with Gasteiger partial charge in [-0.25, -0.2) is 0 Å². The number of amides is 4. The van der Waals surface area contributed by atoms with Gasteiger partial charge in [0, 0.05) is 23.5 Å². The molecular formula is C88H148N6O6. The minimum Gasteiger partial charge on any atom is -0.380 e. The van der Waals surface area contributed by atoms with Gasteiger partial charge in [-0.2, -0.15) is 0 Å². The SMILES string of the molecule is CCN1CCC(C(C(=O)NC2=CCCCC2)N(C(=O)C(O)C(O)C(=O)N(C2CC[C@@]3(C)C(CC[C@H]4[C@@H]5CC[C@H]([C@H](C)CCCC(C)C)[C@@]5(C)CC[C@@H]43)C2)C(C(=O)NC2=CCCCC2)C2CCN(CC)CC2)C2CC[C@@]3(C)C(CC[C@@H]4[C@@H]3CC[C@]3(C)C([C@H](C)CCCC(C)C)CC[C@@H]43)C2)CC1. The first-order valence-corrected chi connectivity index (χ1v) is 43.4. The molecule has 10 aliphatic carbocycles. The molecule has 2 aliphatic heterocycles. The summed E-state index contributed by atoms with van der Waals surface area (Å²) in [5, 5.41) is 33.7. The number of fused-ring (bicyclic) bond motifs is 10. The molecule has 0 aromatic heterocycles. The summed E-state index contributed by atoms with van der Waals surface area (Å²) >= 11 is 0. The van der Waals surface area contributed by atoms with Crippen molar-refractivity contribution in [2.75, 3.05) is 39.3 Å². The molecule has 10 fully saturated rings. The lowest BCUT2D eigenvalue weighted by atomic mass is 9.44. The lowest BCUT2D eigenvalue weighted by Gasteiger charge is -2.62. The fourth-order valence-corrected chi connectivity index (χ4v) is 27.4. The lowest BCUT2D eigenvalue weighted by molar-refractivity contribution is -0.174. The molecule has 0 bridgehead atoms. The van der Waals surface area contributed by atoms with Gasteiger partial charge >= 0.3 is 0 Å². The van der Waals surface area contributed by atoms with Crippen LogP contribution >= 0.6 is 0 Å². The molecule has 2 saturated heterocycles. The second-order valence-corrected chi connectivity index (χ2v) is 39.0. The van der Waals surface area contributed by atoms with Crippen molar-refractivity contribution in [2.24, 2.45) is 116 Å². The number of aliphatic hydroxyl groups excluding tert-OH is 2. The summed E-state index contributed by atoms with van der Waals surface area (Å²) in [6.45, 7) is 34.8. The van der Waals surface area contributed by atoms with Crippen LogP contribution in [0.25, 0.3) is 0 Å². The van der Waals surface area contributed by atoms with Crippen LogP contribution < -0.4 is 10.6 Å². The molecule has 12 aliphatic rings. The monoisotopic (exact) mass is 1390 g/mol. The molecule has 9 unspecified atom stereocenters.